The van der Waals surface area contributed by atoms with Crippen LogP contribution in [0.25, 0.3) is 107 Å². The summed E-state index contributed by atoms with van der Waals surface area (Å²) in [4.78, 5) is 18.7. The number of nitrogens with one attached hydrogen (secondary N) is 1. The SMILES string of the molecule is CC(C)(C)c1ccc2cc3ccc(C(C)(C)C)cc3c(-c3ccc(-c4nc5ccccc5s4)[n-]3)c2c1.CC(C)(C)c1ccc2cc3ccc(C(C)(C)C)cc3c(-c3ccc(-c4nc5ccccc5s4)[nH]3)c2c1.[CH2-]c1ccccc1.[CH2-]c1ccccc1.[CH2-]c1ccccc1.[CH2-]c1ccccc1.[CH2-]c1ccccc1.[CH2-]c1ccccc1.[CH2-]c1ccccc1.[Hf+4].[Hf]. The van der Waals surface area contributed by atoms with Crippen molar-refractivity contribution < 1.29 is 51.7 Å². The van der Waals surface area contributed by atoms with E-state index in [9.17, 15) is 0 Å². The fourth-order valence-electron chi connectivity index (χ4n) is 13.3. The first kappa shape index (κ1) is 95.3. The van der Waals surface area contributed by atoms with Gasteiger partial charge in [0.25, 0.3) is 0 Å². The van der Waals surface area contributed by atoms with Gasteiger partial charge in [-0.25, -0.2) is 9.97 Å². The molecule has 0 spiro atoms. The molecule has 0 atom stereocenters. The first-order valence-electron chi connectivity index (χ1n) is 41.1. The number of rotatable bonds is 4. The Labute approximate surface area is 779 Å². The topological polar surface area (TPSA) is 55.7 Å². The summed E-state index contributed by atoms with van der Waals surface area (Å²) in [6.45, 7) is 53.4. The molecule has 0 unspecified atom stereocenters. The number of hydrogen-bond donors (Lipinski definition) is 1. The van der Waals surface area contributed by atoms with E-state index < -0.39 is 0 Å². The molecule has 4 nitrogen and oxygen atoms in total. The standard InChI is InChI=1S/C33H32N2S.C33H31N2S.7C7H7.2Hf/c2*1-32(2,3)22-13-11-20-17-21-12-14-23(33(4,5)6)19-25(21)30(24(20)18-22)27-15-16-28(34-27)31-35-26-9-7-8-10-29(26)36-31;7*1-7-5-3-2-4-6-7;;/h7-19,34H,1-6H3;7-19H,1-6H3;7*2-6H,1H2;;/q;8*-1;;+4. The molecule has 15 aromatic carbocycles. The molecule has 4 aromatic heterocycles. The van der Waals surface area contributed by atoms with Gasteiger partial charge >= 0.3 is 25.8 Å². The van der Waals surface area contributed by atoms with Crippen molar-refractivity contribution in [2.24, 2.45) is 0 Å². The Morgan fingerprint density at radius 1 is 0.252 bits per heavy atom. The van der Waals surface area contributed by atoms with Gasteiger partial charge in [0, 0.05) is 37.1 Å². The number of benzene rings is 15. The molecule has 19 rings (SSSR count). The molecule has 1 N–H and O–H groups in total. The smallest absolute Gasteiger partial charge is 0.655 e. The van der Waals surface area contributed by atoms with E-state index in [2.05, 4.69) is 282 Å². The summed E-state index contributed by atoms with van der Waals surface area (Å²) >= 11 is 3.44. The number of fused-ring (bicyclic) bond motifs is 6. The van der Waals surface area contributed by atoms with E-state index in [1.807, 2.05) is 224 Å². The number of aromatic nitrogens is 4. The largest absolute Gasteiger partial charge is 4.00 e. The van der Waals surface area contributed by atoms with E-state index in [0.717, 1.165) is 82.8 Å². The van der Waals surface area contributed by atoms with Gasteiger partial charge in [-0.15, -0.1) is 113 Å². The Kier molecular flexibility index (Phi) is 34.5. The van der Waals surface area contributed by atoms with Crippen molar-refractivity contribution in [1.82, 2.24) is 19.9 Å². The summed E-state index contributed by atoms with van der Waals surface area (Å²) in [5, 5.41) is 12.1. The van der Waals surface area contributed by atoms with Gasteiger partial charge in [-0.1, -0.05) is 228 Å². The summed E-state index contributed by atoms with van der Waals surface area (Å²) in [6, 6.07) is 127. The third kappa shape index (κ3) is 27.8. The van der Waals surface area contributed by atoms with Crippen molar-refractivity contribution in [2.75, 3.05) is 0 Å². The predicted molar refractivity (Wildman–Crippen MR) is 530 cm³/mol. The second-order valence-electron chi connectivity index (χ2n) is 34.1. The van der Waals surface area contributed by atoms with Gasteiger partial charge in [0.15, 0.2) is 0 Å². The van der Waals surface area contributed by atoms with Crippen LogP contribution in [-0.4, -0.2) is 15.0 Å². The molecule has 0 aliphatic heterocycles. The van der Waals surface area contributed by atoms with Gasteiger partial charge in [-0.05, 0) is 153 Å². The summed E-state index contributed by atoms with van der Waals surface area (Å²) in [7, 11) is 0. The summed E-state index contributed by atoms with van der Waals surface area (Å²) in [6.07, 6.45) is 0. The van der Waals surface area contributed by atoms with Crippen LogP contribution in [0.1, 0.15) is 144 Å². The van der Waals surface area contributed by atoms with E-state index >= 15 is 0 Å². The summed E-state index contributed by atoms with van der Waals surface area (Å²) in [5.74, 6) is 0. The Balaban J connectivity index is 0.000000179. The van der Waals surface area contributed by atoms with E-state index in [1.165, 1.54) is 85.9 Å². The second-order valence-corrected chi connectivity index (χ2v) is 36.2. The van der Waals surface area contributed by atoms with E-state index in [0.29, 0.717) is 0 Å². The normalized spacial score (nSPS) is 10.9. The van der Waals surface area contributed by atoms with E-state index in [4.69, 9.17) is 15.0 Å². The number of nitrogens with zero attached hydrogens (tertiary/aromatic N) is 3. The Morgan fingerprint density at radius 3 is 0.764 bits per heavy atom. The zero-order chi connectivity index (χ0) is 86.3. The molecule has 0 fully saturated rings. The van der Waals surface area contributed by atoms with Crippen molar-refractivity contribution in [2.45, 2.75) is 105 Å². The van der Waals surface area contributed by atoms with Crippen LogP contribution in [0.15, 0.2) is 370 Å². The summed E-state index contributed by atoms with van der Waals surface area (Å²) in [5.41, 5.74) is 21.9. The van der Waals surface area contributed by atoms with Crippen molar-refractivity contribution in [3.63, 3.8) is 0 Å². The van der Waals surface area contributed by atoms with Crippen molar-refractivity contribution in [1.29, 1.82) is 0 Å². The molecule has 616 valence electrons. The number of para-hydroxylation sites is 2. The molecular weight excluding hydrogens is 1860 g/mol. The van der Waals surface area contributed by atoms with E-state index in [-0.39, 0.29) is 73.3 Å². The minimum absolute atomic E-state index is 0. The molecule has 0 aliphatic rings. The molecule has 0 saturated carbocycles. The van der Waals surface area contributed by atoms with Crippen LogP contribution in [0.5, 0.6) is 0 Å². The second kappa shape index (κ2) is 44.5. The average molecular weight is 1970 g/mol. The van der Waals surface area contributed by atoms with Crippen LogP contribution in [0.4, 0.5) is 0 Å². The van der Waals surface area contributed by atoms with Gasteiger partial charge in [-0.3, -0.25) is 0 Å². The zero-order valence-electron chi connectivity index (χ0n) is 73.3. The molecular formula is C115H112Hf2N4S2-4. The number of thiazole rings is 2. The maximum Gasteiger partial charge on any atom is 4.00 e. The van der Waals surface area contributed by atoms with Crippen LogP contribution in [-0.2, 0) is 73.3 Å². The first-order chi connectivity index (χ1) is 57.9. The molecule has 123 heavy (non-hydrogen) atoms. The van der Waals surface area contributed by atoms with E-state index in [1.54, 1.807) is 22.7 Å². The molecule has 0 bridgehead atoms. The minimum atomic E-state index is 0. The van der Waals surface area contributed by atoms with Crippen LogP contribution in [0.2, 0.25) is 0 Å². The predicted octanol–water partition coefficient (Wildman–Crippen LogP) is 32.4. The van der Waals surface area contributed by atoms with Gasteiger partial charge in [-0.2, -0.15) is 172 Å². The molecule has 0 amide bonds. The van der Waals surface area contributed by atoms with Crippen molar-refractivity contribution >= 4 is 86.2 Å². The van der Waals surface area contributed by atoms with Crippen molar-refractivity contribution in [3.8, 4) is 43.9 Å². The van der Waals surface area contributed by atoms with Gasteiger partial charge in [0.05, 0.1) is 26.1 Å². The summed E-state index contributed by atoms with van der Waals surface area (Å²) < 4.78 is 2.40. The Bertz CT molecular complexity index is 5580. The number of hydrogen-bond acceptors (Lipinski definition) is 4. The van der Waals surface area contributed by atoms with Crippen LogP contribution in [0.3, 0.4) is 0 Å². The third-order valence-electron chi connectivity index (χ3n) is 20.2. The number of aromatic amines is 1. The maximum absolute atomic E-state index is 5.18. The monoisotopic (exact) mass is 1970 g/mol. The molecule has 0 saturated heterocycles. The molecule has 4 heterocycles. The Hall–Kier alpha value is -11.5. The molecule has 0 aliphatic carbocycles. The molecule has 0 radical (unpaired) electrons. The molecule has 8 heteroatoms. The zero-order valence-corrected chi connectivity index (χ0v) is 82.1. The van der Waals surface area contributed by atoms with Crippen molar-refractivity contribution in [3.05, 3.63) is 480 Å². The fourth-order valence-corrected chi connectivity index (χ4v) is 15.1. The van der Waals surface area contributed by atoms with Crippen LogP contribution < -0.4 is 4.98 Å². The minimum Gasteiger partial charge on any atom is -0.655 e. The first-order valence-corrected chi connectivity index (χ1v) is 42.7. The molecule has 19 aromatic rings. The number of H-pyrrole nitrogens is 1. The quantitative estimate of drug-likeness (QED) is 0.109. The van der Waals surface area contributed by atoms with Crippen LogP contribution >= 0.6 is 22.7 Å². The van der Waals surface area contributed by atoms with Crippen LogP contribution in [0, 0.1) is 48.5 Å². The van der Waals surface area contributed by atoms with Gasteiger partial charge in [0.1, 0.15) is 10.0 Å². The van der Waals surface area contributed by atoms with Gasteiger partial charge < -0.3 is 9.97 Å². The fraction of sp³-hybridized carbons (Fsp3) is 0.139. The Morgan fingerprint density at radius 2 is 0.496 bits per heavy atom. The average Bonchev–Trinajstić information content (AvgIpc) is 1.72. The third-order valence-corrected chi connectivity index (χ3v) is 22.3. The van der Waals surface area contributed by atoms with Gasteiger partial charge in [0.2, 0.25) is 0 Å². The maximum atomic E-state index is 5.18.